The van der Waals surface area contributed by atoms with Crippen molar-refractivity contribution >= 4 is 11.8 Å². The molecule has 1 aromatic rings. The molecule has 0 bridgehead atoms. The van der Waals surface area contributed by atoms with Crippen LogP contribution in [0, 0.1) is 11.3 Å². The lowest BCUT2D eigenvalue weighted by Gasteiger charge is -2.30. The Hall–Kier alpha value is -1.84. The third-order valence-corrected chi connectivity index (χ3v) is 4.62. The second-order valence-corrected chi connectivity index (χ2v) is 7.84. The van der Waals surface area contributed by atoms with Gasteiger partial charge in [0.2, 0.25) is 11.8 Å². The highest BCUT2D eigenvalue weighted by atomic mass is 16.2. The van der Waals surface area contributed by atoms with Gasteiger partial charge >= 0.3 is 0 Å². The van der Waals surface area contributed by atoms with Gasteiger partial charge in [-0.05, 0) is 31.2 Å². The first-order valence-electron chi connectivity index (χ1n) is 8.90. The molecule has 0 heterocycles. The molecule has 1 aliphatic rings. The summed E-state index contributed by atoms with van der Waals surface area (Å²) in [6.07, 6.45) is 2.77. The zero-order valence-corrected chi connectivity index (χ0v) is 15.3. The van der Waals surface area contributed by atoms with Crippen molar-refractivity contribution in [2.24, 2.45) is 11.3 Å². The normalized spacial score (nSPS) is 15.7. The van der Waals surface area contributed by atoms with Gasteiger partial charge in [-0.25, -0.2) is 0 Å². The van der Waals surface area contributed by atoms with Crippen LogP contribution < -0.4 is 5.32 Å². The Labute approximate surface area is 145 Å². The van der Waals surface area contributed by atoms with Crippen molar-refractivity contribution in [3.05, 3.63) is 35.9 Å². The first-order chi connectivity index (χ1) is 11.3. The molecule has 4 heteroatoms. The van der Waals surface area contributed by atoms with E-state index in [1.807, 2.05) is 43.9 Å². The lowest BCUT2D eigenvalue weighted by atomic mass is 9.96. The second kappa shape index (κ2) is 7.82. The van der Waals surface area contributed by atoms with Crippen LogP contribution in [0.25, 0.3) is 0 Å². The molecule has 0 radical (unpaired) electrons. The SMILES string of the molecule is CC(C1CC1)N(Cc1ccccc1)C(=O)CCNC(=O)C(C)(C)C. The first-order valence-corrected chi connectivity index (χ1v) is 8.90. The van der Waals surface area contributed by atoms with Crippen molar-refractivity contribution in [2.45, 2.75) is 59.5 Å². The number of carbonyl (C=O) groups excluding carboxylic acids is 2. The molecule has 4 nitrogen and oxygen atoms in total. The van der Waals surface area contributed by atoms with E-state index in [2.05, 4.69) is 24.4 Å². The highest BCUT2D eigenvalue weighted by Gasteiger charge is 2.34. The molecule has 2 rings (SSSR count). The van der Waals surface area contributed by atoms with Gasteiger partial charge in [-0.15, -0.1) is 0 Å². The van der Waals surface area contributed by atoms with Gasteiger partial charge in [0, 0.05) is 31.0 Å². The highest BCUT2D eigenvalue weighted by molar-refractivity contribution is 5.82. The van der Waals surface area contributed by atoms with E-state index < -0.39 is 5.41 Å². The Morgan fingerprint density at radius 3 is 2.38 bits per heavy atom. The van der Waals surface area contributed by atoms with Crippen LogP contribution in [0.3, 0.4) is 0 Å². The molecule has 1 aromatic carbocycles. The van der Waals surface area contributed by atoms with Crippen molar-refractivity contribution in [3.8, 4) is 0 Å². The molecule has 0 aromatic heterocycles. The molecule has 1 unspecified atom stereocenters. The maximum atomic E-state index is 12.7. The van der Waals surface area contributed by atoms with Gasteiger partial charge in [0.15, 0.2) is 0 Å². The quantitative estimate of drug-likeness (QED) is 0.833. The number of carbonyl (C=O) groups is 2. The Morgan fingerprint density at radius 1 is 1.21 bits per heavy atom. The van der Waals surface area contributed by atoms with E-state index >= 15 is 0 Å². The van der Waals surface area contributed by atoms with Gasteiger partial charge in [-0.3, -0.25) is 9.59 Å². The minimum absolute atomic E-state index is 0.0137. The summed E-state index contributed by atoms with van der Waals surface area (Å²) < 4.78 is 0. The van der Waals surface area contributed by atoms with Crippen LogP contribution in [-0.4, -0.2) is 29.3 Å². The Kier molecular flexibility index (Phi) is 6.03. The van der Waals surface area contributed by atoms with Crippen LogP contribution >= 0.6 is 0 Å². The van der Waals surface area contributed by atoms with E-state index in [1.165, 1.54) is 12.8 Å². The van der Waals surface area contributed by atoms with Crippen molar-refractivity contribution < 1.29 is 9.59 Å². The molecule has 0 aliphatic heterocycles. The summed E-state index contributed by atoms with van der Waals surface area (Å²) in [5, 5.41) is 2.87. The fourth-order valence-electron chi connectivity index (χ4n) is 2.76. The summed E-state index contributed by atoms with van der Waals surface area (Å²) in [4.78, 5) is 26.6. The summed E-state index contributed by atoms with van der Waals surface area (Å²) >= 11 is 0. The van der Waals surface area contributed by atoms with Gasteiger partial charge in [0.1, 0.15) is 0 Å². The number of rotatable bonds is 7. The van der Waals surface area contributed by atoms with Crippen molar-refractivity contribution in [3.63, 3.8) is 0 Å². The maximum absolute atomic E-state index is 12.7. The molecule has 1 aliphatic carbocycles. The van der Waals surface area contributed by atoms with Crippen LogP contribution in [0.2, 0.25) is 0 Å². The molecule has 1 atom stereocenters. The molecular weight excluding hydrogens is 300 g/mol. The predicted octanol–water partition coefficient (Wildman–Crippen LogP) is 3.37. The number of amides is 2. The Balaban J connectivity index is 1.93. The van der Waals surface area contributed by atoms with Crippen molar-refractivity contribution in [2.75, 3.05) is 6.54 Å². The largest absolute Gasteiger partial charge is 0.355 e. The molecule has 1 saturated carbocycles. The Bertz CT molecular complexity index is 559. The van der Waals surface area contributed by atoms with Crippen LogP contribution in [0.5, 0.6) is 0 Å². The summed E-state index contributed by atoms with van der Waals surface area (Å²) in [5.41, 5.74) is 0.728. The summed E-state index contributed by atoms with van der Waals surface area (Å²) in [6, 6.07) is 10.4. The molecule has 24 heavy (non-hydrogen) atoms. The molecular formula is C20H30N2O2. The summed E-state index contributed by atoms with van der Waals surface area (Å²) in [5.74, 6) is 0.731. The van der Waals surface area contributed by atoms with E-state index in [4.69, 9.17) is 0 Å². The average Bonchev–Trinajstić information content (AvgIpc) is 3.36. The van der Waals surface area contributed by atoms with Gasteiger partial charge in [-0.2, -0.15) is 0 Å². The molecule has 0 saturated heterocycles. The first kappa shape index (κ1) is 18.5. The lowest BCUT2D eigenvalue weighted by Crippen LogP contribution is -2.42. The molecule has 0 spiro atoms. The number of nitrogens with zero attached hydrogens (tertiary/aromatic N) is 1. The fraction of sp³-hybridized carbons (Fsp3) is 0.600. The highest BCUT2D eigenvalue weighted by Crippen LogP contribution is 2.35. The van der Waals surface area contributed by atoms with Crippen molar-refractivity contribution in [1.82, 2.24) is 10.2 Å². The standard InChI is InChI=1S/C20H30N2O2/c1-15(17-10-11-17)22(14-16-8-6-5-7-9-16)18(23)12-13-21-19(24)20(2,3)4/h5-9,15,17H,10-14H2,1-4H3,(H,21,24). The van der Waals surface area contributed by atoms with Crippen LogP contribution in [-0.2, 0) is 16.1 Å². The van der Waals surface area contributed by atoms with Gasteiger partial charge in [-0.1, -0.05) is 51.1 Å². The minimum Gasteiger partial charge on any atom is -0.355 e. The zero-order chi connectivity index (χ0) is 17.7. The Morgan fingerprint density at radius 2 is 1.83 bits per heavy atom. The van der Waals surface area contributed by atoms with Crippen molar-refractivity contribution in [1.29, 1.82) is 0 Å². The monoisotopic (exact) mass is 330 g/mol. The number of hydrogen-bond donors (Lipinski definition) is 1. The zero-order valence-electron chi connectivity index (χ0n) is 15.3. The average molecular weight is 330 g/mol. The molecule has 2 amide bonds. The number of benzene rings is 1. The predicted molar refractivity (Wildman–Crippen MR) is 96.3 cm³/mol. The molecule has 1 N–H and O–H groups in total. The third-order valence-electron chi connectivity index (χ3n) is 4.62. The lowest BCUT2D eigenvalue weighted by molar-refractivity contribution is -0.134. The van der Waals surface area contributed by atoms with Crippen LogP contribution in [0.15, 0.2) is 30.3 Å². The number of nitrogens with one attached hydrogen (secondary N) is 1. The van der Waals surface area contributed by atoms with E-state index in [0.717, 1.165) is 5.56 Å². The van der Waals surface area contributed by atoms with Crippen LogP contribution in [0.4, 0.5) is 0 Å². The molecule has 1 fully saturated rings. The smallest absolute Gasteiger partial charge is 0.225 e. The maximum Gasteiger partial charge on any atom is 0.225 e. The van der Waals surface area contributed by atoms with Gasteiger partial charge in [0.05, 0.1) is 0 Å². The number of hydrogen-bond acceptors (Lipinski definition) is 2. The van der Waals surface area contributed by atoms with Crippen LogP contribution in [0.1, 0.15) is 52.5 Å². The minimum atomic E-state index is -0.423. The van der Waals surface area contributed by atoms with E-state index in [9.17, 15) is 9.59 Å². The van der Waals surface area contributed by atoms with E-state index in [0.29, 0.717) is 25.4 Å². The topological polar surface area (TPSA) is 49.4 Å². The summed E-state index contributed by atoms with van der Waals surface area (Å²) in [7, 11) is 0. The van der Waals surface area contributed by atoms with Gasteiger partial charge < -0.3 is 10.2 Å². The second-order valence-electron chi connectivity index (χ2n) is 7.84. The third kappa shape index (κ3) is 5.36. The summed E-state index contributed by atoms with van der Waals surface area (Å²) in [6.45, 7) is 8.82. The van der Waals surface area contributed by atoms with Gasteiger partial charge in [0.25, 0.3) is 0 Å². The molecule has 132 valence electrons. The fourth-order valence-corrected chi connectivity index (χ4v) is 2.76. The van der Waals surface area contributed by atoms with E-state index in [1.54, 1.807) is 0 Å². The van der Waals surface area contributed by atoms with E-state index in [-0.39, 0.29) is 17.9 Å².